The van der Waals surface area contributed by atoms with Crippen molar-refractivity contribution in [3.63, 3.8) is 0 Å². The number of rotatable bonds is 4. The van der Waals surface area contributed by atoms with Gasteiger partial charge in [0, 0.05) is 5.69 Å². The van der Waals surface area contributed by atoms with Crippen LogP contribution in [-0.4, -0.2) is 11.9 Å². The van der Waals surface area contributed by atoms with Gasteiger partial charge in [0.25, 0.3) is 0 Å². The standard InChI is InChI=1S/C12H17FN2O/c1-8(2)6-11(14)12(16)15-10-5-3-4-9(13)7-10/h3-5,7-8,11H,6,14H2,1-2H3,(H,15,16). The summed E-state index contributed by atoms with van der Waals surface area (Å²) in [6, 6.07) is 5.20. The van der Waals surface area contributed by atoms with Crippen LogP contribution in [-0.2, 0) is 4.79 Å². The van der Waals surface area contributed by atoms with Gasteiger partial charge >= 0.3 is 0 Å². The summed E-state index contributed by atoms with van der Waals surface area (Å²) in [5.74, 6) is -0.303. The van der Waals surface area contributed by atoms with E-state index >= 15 is 0 Å². The zero-order valence-electron chi connectivity index (χ0n) is 9.53. The number of nitrogens with two attached hydrogens (primary N) is 1. The van der Waals surface area contributed by atoms with Crippen molar-refractivity contribution in [2.75, 3.05) is 5.32 Å². The first-order valence-corrected chi connectivity index (χ1v) is 5.31. The first-order chi connectivity index (χ1) is 7.49. The first-order valence-electron chi connectivity index (χ1n) is 5.31. The fraction of sp³-hybridized carbons (Fsp3) is 0.417. The molecule has 4 heteroatoms. The smallest absolute Gasteiger partial charge is 0.241 e. The lowest BCUT2D eigenvalue weighted by molar-refractivity contribution is -0.117. The van der Waals surface area contributed by atoms with E-state index in [1.807, 2.05) is 13.8 Å². The number of halogens is 1. The molecule has 1 aromatic carbocycles. The minimum absolute atomic E-state index is 0.278. The molecule has 0 fully saturated rings. The highest BCUT2D eigenvalue weighted by Crippen LogP contribution is 2.10. The van der Waals surface area contributed by atoms with E-state index in [2.05, 4.69) is 5.32 Å². The van der Waals surface area contributed by atoms with Crippen molar-refractivity contribution < 1.29 is 9.18 Å². The molecule has 0 bridgehead atoms. The number of benzene rings is 1. The van der Waals surface area contributed by atoms with Gasteiger partial charge in [-0.2, -0.15) is 0 Å². The Morgan fingerprint density at radius 1 is 1.50 bits per heavy atom. The maximum absolute atomic E-state index is 12.8. The highest BCUT2D eigenvalue weighted by molar-refractivity contribution is 5.94. The molecule has 3 nitrogen and oxygen atoms in total. The monoisotopic (exact) mass is 224 g/mol. The van der Waals surface area contributed by atoms with Gasteiger partial charge in [0.05, 0.1) is 6.04 Å². The molecule has 0 aromatic heterocycles. The highest BCUT2D eigenvalue weighted by Gasteiger charge is 2.14. The molecule has 0 heterocycles. The number of nitrogens with one attached hydrogen (secondary N) is 1. The SMILES string of the molecule is CC(C)CC(N)C(=O)Nc1cccc(F)c1. The van der Waals surface area contributed by atoms with Gasteiger partial charge in [-0.25, -0.2) is 4.39 Å². The van der Waals surface area contributed by atoms with Crippen molar-refractivity contribution in [3.05, 3.63) is 30.1 Å². The molecule has 0 saturated heterocycles. The molecule has 0 aliphatic heterocycles. The normalized spacial score (nSPS) is 12.6. The summed E-state index contributed by atoms with van der Waals surface area (Å²) >= 11 is 0. The number of carbonyl (C=O) groups excluding carboxylic acids is 1. The molecule has 0 radical (unpaired) electrons. The molecule has 0 spiro atoms. The summed E-state index contributed by atoms with van der Waals surface area (Å²) in [6.07, 6.45) is 0.612. The van der Waals surface area contributed by atoms with Gasteiger partial charge in [0.2, 0.25) is 5.91 Å². The van der Waals surface area contributed by atoms with Gasteiger partial charge in [0.1, 0.15) is 5.82 Å². The second kappa shape index (κ2) is 5.61. The molecule has 0 aliphatic rings. The molecule has 1 amide bonds. The van der Waals surface area contributed by atoms with Crippen LogP contribution in [0.25, 0.3) is 0 Å². The lowest BCUT2D eigenvalue weighted by atomic mass is 10.0. The third-order valence-corrected chi connectivity index (χ3v) is 2.15. The number of hydrogen-bond donors (Lipinski definition) is 2. The molecular weight excluding hydrogens is 207 g/mol. The second-order valence-electron chi connectivity index (χ2n) is 4.24. The largest absolute Gasteiger partial charge is 0.325 e. The Labute approximate surface area is 94.8 Å². The van der Waals surface area contributed by atoms with Gasteiger partial charge in [-0.1, -0.05) is 19.9 Å². The predicted molar refractivity (Wildman–Crippen MR) is 62.5 cm³/mol. The van der Waals surface area contributed by atoms with Gasteiger partial charge in [-0.3, -0.25) is 4.79 Å². The molecule has 0 aliphatic carbocycles. The van der Waals surface area contributed by atoms with Crippen LogP contribution in [0.1, 0.15) is 20.3 Å². The van der Waals surface area contributed by atoms with Crippen LogP contribution >= 0.6 is 0 Å². The number of carbonyl (C=O) groups is 1. The fourth-order valence-electron chi connectivity index (χ4n) is 1.42. The van der Waals surface area contributed by atoms with E-state index in [4.69, 9.17) is 5.73 Å². The van der Waals surface area contributed by atoms with Crippen molar-refractivity contribution in [3.8, 4) is 0 Å². The fourth-order valence-corrected chi connectivity index (χ4v) is 1.42. The lowest BCUT2D eigenvalue weighted by Gasteiger charge is -2.14. The summed E-state index contributed by atoms with van der Waals surface area (Å²) < 4.78 is 12.8. The Kier molecular flexibility index (Phi) is 4.43. The van der Waals surface area contributed by atoms with Gasteiger partial charge in [-0.15, -0.1) is 0 Å². The molecule has 0 saturated carbocycles. The van der Waals surface area contributed by atoms with Crippen molar-refractivity contribution in [1.29, 1.82) is 0 Å². The lowest BCUT2D eigenvalue weighted by Crippen LogP contribution is -2.36. The zero-order valence-corrected chi connectivity index (χ0v) is 9.53. The van der Waals surface area contributed by atoms with Crippen molar-refractivity contribution in [2.45, 2.75) is 26.3 Å². The van der Waals surface area contributed by atoms with Crippen molar-refractivity contribution in [2.24, 2.45) is 11.7 Å². The third kappa shape index (κ3) is 3.98. The summed E-state index contributed by atoms with van der Waals surface area (Å²) in [4.78, 5) is 11.6. The van der Waals surface area contributed by atoms with Crippen LogP contribution in [0.3, 0.4) is 0 Å². The van der Waals surface area contributed by atoms with Crippen LogP contribution in [0, 0.1) is 11.7 Å². The Morgan fingerprint density at radius 3 is 2.75 bits per heavy atom. The second-order valence-corrected chi connectivity index (χ2v) is 4.24. The Bertz CT molecular complexity index is 366. The van der Waals surface area contributed by atoms with E-state index < -0.39 is 6.04 Å². The number of anilines is 1. The Hall–Kier alpha value is -1.42. The van der Waals surface area contributed by atoms with E-state index in [0.717, 1.165) is 0 Å². The Morgan fingerprint density at radius 2 is 2.19 bits per heavy atom. The van der Waals surface area contributed by atoms with Crippen molar-refractivity contribution >= 4 is 11.6 Å². The highest BCUT2D eigenvalue weighted by atomic mass is 19.1. The van der Waals surface area contributed by atoms with Crippen molar-refractivity contribution in [1.82, 2.24) is 0 Å². The van der Waals surface area contributed by atoms with Gasteiger partial charge in [-0.05, 0) is 30.5 Å². The van der Waals surface area contributed by atoms with Crippen LogP contribution in [0.5, 0.6) is 0 Å². The average Bonchev–Trinajstić information content (AvgIpc) is 2.16. The maximum atomic E-state index is 12.8. The first kappa shape index (κ1) is 12.6. The topological polar surface area (TPSA) is 55.1 Å². The van der Waals surface area contributed by atoms with Gasteiger partial charge in [0.15, 0.2) is 0 Å². The average molecular weight is 224 g/mol. The number of hydrogen-bond acceptors (Lipinski definition) is 2. The van der Waals surface area contributed by atoms with Crippen LogP contribution in [0.4, 0.5) is 10.1 Å². The molecule has 1 aromatic rings. The number of amides is 1. The van der Waals surface area contributed by atoms with E-state index in [9.17, 15) is 9.18 Å². The van der Waals surface area contributed by atoms with E-state index in [1.165, 1.54) is 12.1 Å². The Balaban J connectivity index is 2.57. The predicted octanol–water partition coefficient (Wildman–Crippen LogP) is 2.14. The minimum Gasteiger partial charge on any atom is -0.325 e. The molecular formula is C12H17FN2O. The van der Waals surface area contributed by atoms with E-state index in [0.29, 0.717) is 18.0 Å². The van der Waals surface area contributed by atoms with E-state index in [1.54, 1.807) is 12.1 Å². The summed E-state index contributed by atoms with van der Waals surface area (Å²) in [7, 11) is 0. The molecule has 1 rings (SSSR count). The molecule has 1 unspecified atom stereocenters. The molecule has 1 atom stereocenters. The van der Waals surface area contributed by atoms with Crippen LogP contribution < -0.4 is 11.1 Å². The molecule has 88 valence electrons. The van der Waals surface area contributed by atoms with Gasteiger partial charge < -0.3 is 11.1 Å². The molecule has 3 N–H and O–H groups in total. The maximum Gasteiger partial charge on any atom is 0.241 e. The summed E-state index contributed by atoms with van der Waals surface area (Å²) in [5.41, 5.74) is 6.13. The third-order valence-electron chi connectivity index (χ3n) is 2.15. The van der Waals surface area contributed by atoms with Crippen LogP contribution in [0.2, 0.25) is 0 Å². The quantitative estimate of drug-likeness (QED) is 0.823. The summed E-state index contributed by atoms with van der Waals surface area (Å²) in [5, 5.41) is 2.58. The van der Waals surface area contributed by atoms with Crippen LogP contribution in [0.15, 0.2) is 24.3 Å². The summed E-state index contributed by atoms with van der Waals surface area (Å²) in [6.45, 7) is 3.99. The minimum atomic E-state index is -0.553. The van der Waals surface area contributed by atoms with E-state index in [-0.39, 0.29) is 11.7 Å². The molecule has 16 heavy (non-hydrogen) atoms. The zero-order chi connectivity index (χ0) is 12.1.